The number of halogens is 1. The van der Waals surface area contributed by atoms with Gasteiger partial charge in [0.25, 0.3) is 0 Å². The highest BCUT2D eigenvalue weighted by Gasteiger charge is 2.42. The van der Waals surface area contributed by atoms with Crippen LogP contribution in [0.1, 0.15) is 24.8 Å². The van der Waals surface area contributed by atoms with Crippen LogP contribution in [-0.4, -0.2) is 17.6 Å². The molecular weight excluding hydrogens is 226 g/mol. The van der Waals surface area contributed by atoms with Crippen molar-refractivity contribution in [1.29, 1.82) is 0 Å². The van der Waals surface area contributed by atoms with E-state index < -0.39 is 11.5 Å². The van der Waals surface area contributed by atoms with E-state index in [0.717, 1.165) is 19.4 Å². The highest BCUT2D eigenvalue weighted by atomic mass is 35.5. The molecule has 0 aliphatic carbocycles. The van der Waals surface area contributed by atoms with Gasteiger partial charge in [-0.25, -0.2) is 4.79 Å². The monoisotopic (exact) mass is 239 g/mol. The van der Waals surface area contributed by atoms with Gasteiger partial charge < -0.3 is 5.11 Å². The van der Waals surface area contributed by atoms with Crippen molar-refractivity contribution >= 4 is 17.6 Å². The maximum Gasteiger partial charge on any atom is 0.328 e. The lowest BCUT2D eigenvalue weighted by Crippen LogP contribution is -2.52. The lowest BCUT2D eigenvalue weighted by molar-refractivity contribution is -0.146. The number of carboxylic acid groups (broad SMARTS) is 1. The molecule has 0 radical (unpaired) electrons. The second-order valence-electron chi connectivity index (χ2n) is 4.07. The van der Waals surface area contributed by atoms with Crippen LogP contribution >= 0.6 is 11.6 Å². The predicted molar refractivity (Wildman–Crippen MR) is 62.6 cm³/mol. The molecule has 0 spiro atoms. The molecule has 1 aromatic carbocycles. The minimum absolute atomic E-state index is 0.513. The van der Waals surface area contributed by atoms with Crippen molar-refractivity contribution in [3.05, 3.63) is 34.9 Å². The van der Waals surface area contributed by atoms with Gasteiger partial charge in [-0.3, -0.25) is 5.32 Å². The van der Waals surface area contributed by atoms with Crippen molar-refractivity contribution < 1.29 is 9.90 Å². The van der Waals surface area contributed by atoms with Gasteiger partial charge in [0, 0.05) is 10.6 Å². The van der Waals surface area contributed by atoms with E-state index in [1.807, 2.05) is 12.1 Å². The third kappa shape index (κ3) is 1.81. The summed E-state index contributed by atoms with van der Waals surface area (Å²) in [7, 11) is 0. The standard InChI is InChI=1S/C12H14ClNO2/c13-10-6-2-1-5-9(10)12(11(15)16)7-3-4-8-14-12/h1-2,5-6,14H,3-4,7-8H2,(H,15,16). The quantitative estimate of drug-likeness (QED) is 0.833. The van der Waals surface area contributed by atoms with E-state index in [2.05, 4.69) is 5.32 Å². The van der Waals surface area contributed by atoms with Crippen molar-refractivity contribution in [2.75, 3.05) is 6.54 Å². The summed E-state index contributed by atoms with van der Waals surface area (Å²) in [6, 6.07) is 7.15. The lowest BCUT2D eigenvalue weighted by atomic mass is 9.82. The van der Waals surface area contributed by atoms with Gasteiger partial charge in [-0.15, -0.1) is 0 Å². The van der Waals surface area contributed by atoms with Crippen molar-refractivity contribution in [1.82, 2.24) is 5.32 Å². The van der Waals surface area contributed by atoms with Crippen molar-refractivity contribution in [2.45, 2.75) is 24.8 Å². The summed E-state index contributed by atoms with van der Waals surface area (Å²) in [5.41, 5.74) is -0.333. The second-order valence-corrected chi connectivity index (χ2v) is 4.48. The number of rotatable bonds is 2. The summed E-state index contributed by atoms with van der Waals surface area (Å²) in [4.78, 5) is 11.5. The normalized spacial score (nSPS) is 25.3. The van der Waals surface area contributed by atoms with Crippen LogP contribution in [0.5, 0.6) is 0 Å². The fourth-order valence-electron chi connectivity index (χ4n) is 2.24. The van der Waals surface area contributed by atoms with Gasteiger partial charge in [0.1, 0.15) is 5.54 Å². The number of aliphatic carboxylic acids is 1. The topological polar surface area (TPSA) is 49.3 Å². The number of hydrogen-bond donors (Lipinski definition) is 2. The minimum atomic E-state index is -1.00. The smallest absolute Gasteiger partial charge is 0.328 e. The molecular formula is C12H14ClNO2. The number of nitrogens with one attached hydrogen (secondary N) is 1. The van der Waals surface area contributed by atoms with Crippen LogP contribution in [0, 0.1) is 0 Å². The molecule has 2 rings (SSSR count). The third-order valence-electron chi connectivity index (χ3n) is 3.10. The molecule has 0 saturated carbocycles. The summed E-state index contributed by atoms with van der Waals surface area (Å²) in [5, 5.41) is 13.1. The highest BCUT2D eigenvalue weighted by Crippen LogP contribution is 2.34. The fourth-order valence-corrected chi connectivity index (χ4v) is 2.54. The Morgan fingerprint density at radius 1 is 1.38 bits per heavy atom. The number of piperidine rings is 1. The van der Waals surface area contributed by atoms with Gasteiger partial charge in [0.2, 0.25) is 0 Å². The van der Waals surface area contributed by atoms with E-state index in [1.165, 1.54) is 0 Å². The van der Waals surface area contributed by atoms with E-state index in [9.17, 15) is 9.90 Å². The molecule has 0 amide bonds. The molecule has 1 aromatic rings. The second kappa shape index (κ2) is 4.44. The largest absolute Gasteiger partial charge is 0.480 e. The van der Waals surface area contributed by atoms with Crippen LogP contribution < -0.4 is 5.32 Å². The summed E-state index contributed by atoms with van der Waals surface area (Å²) in [6.45, 7) is 0.720. The first-order valence-electron chi connectivity index (χ1n) is 5.40. The van der Waals surface area contributed by atoms with Gasteiger partial charge in [-0.05, 0) is 31.9 Å². The SMILES string of the molecule is O=C(O)C1(c2ccccc2Cl)CCCCN1. The van der Waals surface area contributed by atoms with Gasteiger partial charge in [0.15, 0.2) is 0 Å². The molecule has 1 unspecified atom stereocenters. The molecule has 16 heavy (non-hydrogen) atoms. The third-order valence-corrected chi connectivity index (χ3v) is 3.43. The molecule has 0 aromatic heterocycles. The maximum atomic E-state index is 11.5. The van der Waals surface area contributed by atoms with Crippen LogP contribution in [0.4, 0.5) is 0 Å². The Kier molecular flexibility index (Phi) is 3.17. The highest BCUT2D eigenvalue weighted by molar-refractivity contribution is 6.31. The van der Waals surface area contributed by atoms with Crippen LogP contribution in [0.25, 0.3) is 0 Å². The van der Waals surface area contributed by atoms with E-state index in [1.54, 1.807) is 12.1 Å². The zero-order chi connectivity index (χ0) is 11.6. The van der Waals surface area contributed by atoms with E-state index in [4.69, 9.17) is 11.6 Å². The maximum absolute atomic E-state index is 11.5. The molecule has 0 bridgehead atoms. The number of benzene rings is 1. The van der Waals surface area contributed by atoms with Crippen LogP contribution in [0.2, 0.25) is 5.02 Å². The molecule has 1 aliphatic heterocycles. The predicted octanol–water partition coefficient (Wildman–Crippen LogP) is 2.39. The van der Waals surface area contributed by atoms with E-state index in [-0.39, 0.29) is 0 Å². The Bertz CT molecular complexity index is 400. The molecule has 86 valence electrons. The molecule has 2 N–H and O–H groups in total. The Labute approximate surface area is 99.4 Å². The van der Waals surface area contributed by atoms with Crippen molar-refractivity contribution in [3.8, 4) is 0 Å². The first kappa shape index (κ1) is 11.4. The number of carbonyl (C=O) groups is 1. The molecule has 1 aliphatic rings. The van der Waals surface area contributed by atoms with Gasteiger partial charge in [0.05, 0.1) is 0 Å². The van der Waals surface area contributed by atoms with Crippen LogP contribution in [0.3, 0.4) is 0 Å². The summed E-state index contributed by atoms with van der Waals surface area (Å²) >= 11 is 6.09. The van der Waals surface area contributed by atoms with E-state index >= 15 is 0 Å². The average molecular weight is 240 g/mol. The molecule has 3 nitrogen and oxygen atoms in total. The Balaban J connectivity index is 2.47. The fraction of sp³-hybridized carbons (Fsp3) is 0.417. The molecule has 4 heteroatoms. The molecule has 1 heterocycles. The zero-order valence-corrected chi connectivity index (χ0v) is 9.63. The molecule has 1 fully saturated rings. The summed E-state index contributed by atoms with van der Waals surface area (Å²) < 4.78 is 0. The lowest BCUT2D eigenvalue weighted by Gasteiger charge is -2.35. The first-order chi connectivity index (χ1) is 7.67. The Morgan fingerprint density at radius 3 is 2.69 bits per heavy atom. The Morgan fingerprint density at radius 2 is 2.12 bits per heavy atom. The van der Waals surface area contributed by atoms with E-state index in [0.29, 0.717) is 17.0 Å². The van der Waals surface area contributed by atoms with Gasteiger partial charge >= 0.3 is 5.97 Å². The average Bonchev–Trinajstić information content (AvgIpc) is 2.30. The molecule has 1 atom stereocenters. The number of carboxylic acids is 1. The van der Waals surface area contributed by atoms with Gasteiger partial charge in [-0.2, -0.15) is 0 Å². The summed E-state index contributed by atoms with van der Waals surface area (Å²) in [6.07, 6.45) is 2.51. The van der Waals surface area contributed by atoms with Crippen molar-refractivity contribution in [2.24, 2.45) is 0 Å². The van der Waals surface area contributed by atoms with Crippen LogP contribution in [-0.2, 0) is 10.3 Å². The Hall–Kier alpha value is -1.06. The van der Waals surface area contributed by atoms with Gasteiger partial charge in [-0.1, -0.05) is 29.8 Å². The number of hydrogen-bond acceptors (Lipinski definition) is 2. The zero-order valence-electron chi connectivity index (χ0n) is 8.87. The van der Waals surface area contributed by atoms with Crippen LogP contribution in [0.15, 0.2) is 24.3 Å². The van der Waals surface area contributed by atoms with Crippen molar-refractivity contribution in [3.63, 3.8) is 0 Å². The first-order valence-corrected chi connectivity index (χ1v) is 5.78. The summed E-state index contributed by atoms with van der Waals surface area (Å²) in [5.74, 6) is -0.847. The minimum Gasteiger partial charge on any atom is -0.480 e. The molecule has 1 saturated heterocycles.